The molecule has 1 aromatic heterocycles. The van der Waals surface area contributed by atoms with Gasteiger partial charge in [0.05, 0.1) is 6.20 Å². The van der Waals surface area contributed by atoms with Gasteiger partial charge in [0.25, 0.3) is 0 Å². The van der Waals surface area contributed by atoms with Crippen LogP contribution in [0.5, 0.6) is 0 Å². The number of rotatable bonds is 3. The lowest BCUT2D eigenvalue weighted by atomic mass is 9.73. The molecule has 94 valence electrons. The molecule has 0 bridgehead atoms. The first-order valence-electron chi connectivity index (χ1n) is 6.54. The van der Waals surface area contributed by atoms with Crippen molar-refractivity contribution in [2.45, 2.75) is 51.0 Å². The molecule has 0 saturated heterocycles. The third-order valence-corrected chi connectivity index (χ3v) is 3.97. The van der Waals surface area contributed by atoms with E-state index in [-0.39, 0.29) is 11.4 Å². The van der Waals surface area contributed by atoms with Gasteiger partial charge in [-0.3, -0.25) is 4.98 Å². The molecule has 1 heterocycles. The van der Waals surface area contributed by atoms with Crippen LogP contribution in [0, 0.1) is 11.7 Å². The largest absolute Gasteiger partial charge is 0.321 e. The standard InChI is InChI=1S/C14H21FN2/c1-2-3-11-4-6-14(16,7-5-11)12-8-13(15)10-17-9-12/h8-11H,2-7,16H2,1H3. The van der Waals surface area contributed by atoms with E-state index in [1.807, 2.05) is 0 Å². The van der Waals surface area contributed by atoms with E-state index >= 15 is 0 Å². The highest BCUT2D eigenvalue weighted by Gasteiger charge is 2.33. The second-order valence-electron chi connectivity index (χ2n) is 5.28. The molecule has 1 aliphatic carbocycles. The van der Waals surface area contributed by atoms with Crippen molar-refractivity contribution in [1.82, 2.24) is 4.98 Å². The third-order valence-electron chi connectivity index (χ3n) is 3.97. The summed E-state index contributed by atoms with van der Waals surface area (Å²) in [5.41, 5.74) is 6.89. The molecule has 0 aromatic carbocycles. The van der Waals surface area contributed by atoms with Crippen LogP contribution in [0.1, 0.15) is 51.0 Å². The summed E-state index contributed by atoms with van der Waals surface area (Å²) in [7, 11) is 0. The molecule has 1 fully saturated rings. The molecule has 2 N–H and O–H groups in total. The molecule has 0 radical (unpaired) electrons. The van der Waals surface area contributed by atoms with Crippen LogP contribution in [0.3, 0.4) is 0 Å². The van der Waals surface area contributed by atoms with Crippen LogP contribution >= 0.6 is 0 Å². The minimum Gasteiger partial charge on any atom is -0.321 e. The van der Waals surface area contributed by atoms with Crippen molar-refractivity contribution in [2.24, 2.45) is 11.7 Å². The maximum atomic E-state index is 13.2. The van der Waals surface area contributed by atoms with Gasteiger partial charge in [0.1, 0.15) is 5.82 Å². The van der Waals surface area contributed by atoms with E-state index in [9.17, 15) is 4.39 Å². The quantitative estimate of drug-likeness (QED) is 0.874. The first-order chi connectivity index (χ1) is 8.14. The number of halogens is 1. The Bertz CT molecular complexity index is 370. The molecule has 0 spiro atoms. The zero-order valence-corrected chi connectivity index (χ0v) is 10.5. The lowest BCUT2D eigenvalue weighted by molar-refractivity contribution is 0.225. The molecule has 1 saturated carbocycles. The first kappa shape index (κ1) is 12.5. The van der Waals surface area contributed by atoms with Gasteiger partial charge >= 0.3 is 0 Å². The van der Waals surface area contributed by atoms with Crippen molar-refractivity contribution >= 4 is 0 Å². The van der Waals surface area contributed by atoms with Crippen LogP contribution in [0.25, 0.3) is 0 Å². The van der Waals surface area contributed by atoms with Gasteiger partial charge < -0.3 is 5.73 Å². The average molecular weight is 236 g/mol. The van der Waals surface area contributed by atoms with Gasteiger partial charge in [0.15, 0.2) is 0 Å². The van der Waals surface area contributed by atoms with Crippen LogP contribution in [-0.4, -0.2) is 4.98 Å². The maximum absolute atomic E-state index is 13.2. The molecule has 0 unspecified atom stereocenters. The van der Waals surface area contributed by atoms with E-state index in [4.69, 9.17) is 5.73 Å². The van der Waals surface area contributed by atoms with Gasteiger partial charge in [-0.2, -0.15) is 0 Å². The van der Waals surface area contributed by atoms with E-state index < -0.39 is 0 Å². The van der Waals surface area contributed by atoms with Crippen molar-refractivity contribution in [1.29, 1.82) is 0 Å². The number of pyridine rings is 1. The van der Waals surface area contributed by atoms with Crippen LogP contribution < -0.4 is 5.73 Å². The normalized spacial score (nSPS) is 29.2. The van der Waals surface area contributed by atoms with Crippen LogP contribution in [-0.2, 0) is 5.54 Å². The Hall–Kier alpha value is -0.960. The molecule has 17 heavy (non-hydrogen) atoms. The van der Waals surface area contributed by atoms with Crippen LogP contribution in [0.15, 0.2) is 18.5 Å². The fraction of sp³-hybridized carbons (Fsp3) is 0.643. The Kier molecular flexibility index (Phi) is 3.77. The molecular formula is C14H21FN2. The highest BCUT2D eigenvalue weighted by atomic mass is 19.1. The molecule has 1 aliphatic rings. The monoisotopic (exact) mass is 236 g/mol. The Morgan fingerprint density at radius 1 is 1.41 bits per heavy atom. The van der Waals surface area contributed by atoms with Gasteiger partial charge in [0, 0.05) is 11.7 Å². The Morgan fingerprint density at radius 2 is 2.12 bits per heavy atom. The summed E-state index contributed by atoms with van der Waals surface area (Å²) in [5, 5.41) is 0. The summed E-state index contributed by atoms with van der Waals surface area (Å²) in [6.45, 7) is 2.22. The van der Waals surface area contributed by atoms with E-state index in [0.29, 0.717) is 0 Å². The molecule has 2 rings (SSSR count). The maximum Gasteiger partial charge on any atom is 0.141 e. The summed E-state index contributed by atoms with van der Waals surface area (Å²) in [6.07, 6.45) is 9.67. The molecule has 0 amide bonds. The number of nitrogens with zero attached hydrogens (tertiary/aromatic N) is 1. The van der Waals surface area contributed by atoms with Crippen molar-refractivity contribution < 1.29 is 4.39 Å². The van der Waals surface area contributed by atoms with E-state index in [1.54, 1.807) is 6.20 Å². The number of aromatic nitrogens is 1. The topological polar surface area (TPSA) is 38.9 Å². The molecule has 3 heteroatoms. The summed E-state index contributed by atoms with van der Waals surface area (Å²) < 4.78 is 13.2. The summed E-state index contributed by atoms with van der Waals surface area (Å²) >= 11 is 0. The van der Waals surface area contributed by atoms with E-state index in [1.165, 1.54) is 25.1 Å². The van der Waals surface area contributed by atoms with Crippen LogP contribution in [0.4, 0.5) is 4.39 Å². The van der Waals surface area contributed by atoms with Crippen molar-refractivity contribution in [3.8, 4) is 0 Å². The van der Waals surface area contributed by atoms with E-state index in [2.05, 4.69) is 11.9 Å². The molecule has 0 atom stereocenters. The smallest absolute Gasteiger partial charge is 0.141 e. The summed E-state index contributed by atoms with van der Waals surface area (Å²) in [5.74, 6) is 0.515. The van der Waals surface area contributed by atoms with Gasteiger partial charge in [-0.25, -0.2) is 4.39 Å². The Morgan fingerprint density at radius 3 is 2.71 bits per heavy atom. The minimum atomic E-state index is -0.362. The minimum absolute atomic E-state index is 0.289. The SMILES string of the molecule is CCCC1CCC(N)(c2cncc(F)c2)CC1. The second-order valence-corrected chi connectivity index (χ2v) is 5.28. The molecular weight excluding hydrogens is 215 g/mol. The number of nitrogens with two attached hydrogens (primary N) is 1. The van der Waals surface area contributed by atoms with Crippen LogP contribution in [0.2, 0.25) is 0 Å². The Labute approximate surface area is 102 Å². The molecule has 1 aromatic rings. The Balaban J connectivity index is 2.06. The lowest BCUT2D eigenvalue weighted by Crippen LogP contribution is -2.40. The third kappa shape index (κ3) is 2.83. The summed E-state index contributed by atoms with van der Waals surface area (Å²) in [6, 6.07) is 1.53. The highest BCUT2D eigenvalue weighted by molar-refractivity contribution is 5.21. The predicted octanol–water partition coefficient (Wildman–Crippen LogP) is 3.37. The zero-order valence-electron chi connectivity index (χ0n) is 10.5. The second kappa shape index (κ2) is 5.13. The van der Waals surface area contributed by atoms with Gasteiger partial charge in [-0.15, -0.1) is 0 Å². The molecule has 2 nitrogen and oxygen atoms in total. The van der Waals surface area contributed by atoms with Crippen molar-refractivity contribution in [2.75, 3.05) is 0 Å². The fourth-order valence-corrected chi connectivity index (χ4v) is 2.86. The van der Waals surface area contributed by atoms with Gasteiger partial charge in [0.2, 0.25) is 0 Å². The fourth-order valence-electron chi connectivity index (χ4n) is 2.86. The highest BCUT2D eigenvalue weighted by Crippen LogP contribution is 2.38. The number of hydrogen-bond acceptors (Lipinski definition) is 2. The first-order valence-corrected chi connectivity index (χ1v) is 6.54. The molecule has 0 aliphatic heterocycles. The number of hydrogen-bond donors (Lipinski definition) is 1. The van der Waals surface area contributed by atoms with Gasteiger partial charge in [-0.05, 0) is 43.2 Å². The van der Waals surface area contributed by atoms with E-state index in [0.717, 1.165) is 37.2 Å². The summed E-state index contributed by atoms with van der Waals surface area (Å²) in [4.78, 5) is 3.90. The van der Waals surface area contributed by atoms with Crippen molar-refractivity contribution in [3.05, 3.63) is 29.8 Å². The van der Waals surface area contributed by atoms with Gasteiger partial charge in [-0.1, -0.05) is 19.8 Å². The van der Waals surface area contributed by atoms with Crippen molar-refractivity contribution in [3.63, 3.8) is 0 Å². The average Bonchev–Trinajstić information content (AvgIpc) is 2.33. The predicted molar refractivity (Wildman–Crippen MR) is 66.9 cm³/mol. The zero-order chi connectivity index (χ0) is 12.3. The lowest BCUT2D eigenvalue weighted by Gasteiger charge is -2.37.